The van der Waals surface area contributed by atoms with E-state index in [1.54, 1.807) is 18.5 Å². The maximum absolute atomic E-state index is 11.6. The molecule has 3 N–H and O–H groups in total. The van der Waals surface area contributed by atoms with Crippen LogP contribution in [0.5, 0.6) is 0 Å². The van der Waals surface area contributed by atoms with Gasteiger partial charge in [0, 0.05) is 28.7 Å². The number of benzene rings is 1. The van der Waals surface area contributed by atoms with Gasteiger partial charge in [-0.15, -0.1) is 0 Å². The van der Waals surface area contributed by atoms with Gasteiger partial charge in [0.1, 0.15) is 5.56 Å². The number of fused-ring (bicyclic) bond motifs is 3. The van der Waals surface area contributed by atoms with Crippen LogP contribution < -0.4 is 11.3 Å². The molecule has 3 rings (SSSR count). The van der Waals surface area contributed by atoms with Crippen molar-refractivity contribution >= 4 is 27.6 Å². The first-order valence-electron chi connectivity index (χ1n) is 5.36. The van der Waals surface area contributed by atoms with Crippen LogP contribution in [0.15, 0.2) is 41.5 Å². The van der Waals surface area contributed by atoms with Gasteiger partial charge < -0.3 is 10.7 Å². The van der Waals surface area contributed by atoms with Crippen molar-refractivity contribution in [2.24, 2.45) is 5.73 Å². The lowest BCUT2D eigenvalue weighted by Gasteiger charge is -2.04. The molecule has 0 bridgehead atoms. The van der Waals surface area contributed by atoms with Gasteiger partial charge in [-0.2, -0.15) is 0 Å². The van der Waals surface area contributed by atoms with Crippen molar-refractivity contribution in [3.63, 3.8) is 0 Å². The van der Waals surface area contributed by atoms with E-state index in [1.165, 1.54) is 6.07 Å². The number of rotatable bonds is 1. The van der Waals surface area contributed by atoms with Gasteiger partial charge in [0.15, 0.2) is 0 Å². The molecule has 3 aromatic rings. The minimum atomic E-state index is -0.732. The summed E-state index contributed by atoms with van der Waals surface area (Å²) in [4.78, 5) is 29.5. The predicted octanol–water partition coefficient (Wildman–Crippen LogP) is 1.18. The van der Waals surface area contributed by atoms with Crippen molar-refractivity contribution in [2.45, 2.75) is 0 Å². The summed E-state index contributed by atoms with van der Waals surface area (Å²) in [5, 5.41) is 2.64. The number of carbonyl (C=O) groups is 1. The Morgan fingerprint density at radius 3 is 2.83 bits per heavy atom. The lowest BCUT2D eigenvalue weighted by atomic mass is 10.1. The van der Waals surface area contributed by atoms with Gasteiger partial charge in [0.25, 0.3) is 11.5 Å². The zero-order chi connectivity index (χ0) is 12.7. The highest BCUT2D eigenvalue weighted by Gasteiger charge is 2.09. The van der Waals surface area contributed by atoms with Crippen molar-refractivity contribution in [2.75, 3.05) is 0 Å². The number of H-pyrrole nitrogens is 1. The highest BCUT2D eigenvalue weighted by atomic mass is 16.2. The average molecular weight is 239 g/mol. The van der Waals surface area contributed by atoms with E-state index in [2.05, 4.69) is 9.97 Å². The number of primary amides is 1. The monoisotopic (exact) mass is 239 g/mol. The molecule has 0 saturated carbocycles. The normalized spacial score (nSPS) is 10.9. The molecule has 0 saturated heterocycles. The molecule has 5 heteroatoms. The fraction of sp³-hybridized carbons (Fsp3) is 0. The van der Waals surface area contributed by atoms with Gasteiger partial charge in [0.05, 0.1) is 0 Å². The molecule has 5 nitrogen and oxygen atoms in total. The molecule has 2 aromatic heterocycles. The summed E-state index contributed by atoms with van der Waals surface area (Å²) in [5.74, 6) is -0.732. The van der Waals surface area contributed by atoms with Gasteiger partial charge in [-0.3, -0.25) is 14.6 Å². The van der Waals surface area contributed by atoms with Crippen molar-refractivity contribution in [3.05, 3.63) is 52.6 Å². The molecule has 18 heavy (non-hydrogen) atoms. The summed E-state index contributed by atoms with van der Waals surface area (Å²) in [5.41, 5.74) is 5.34. The Balaban J connectivity index is 2.53. The Bertz CT molecular complexity index is 836. The number of carbonyl (C=O) groups excluding carboxylic acids is 1. The first-order valence-corrected chi connectivity index (χ1v) is 5.36. The SMILES string of the molecule is NC(=O)c1cc2c(ccc3cnccc32)[nH]c1=O. The van der Waals surface area contributed by atoms with Gasteiger partial charge >= 0.3 is 0 Å². The van der Waals surface area contributed by atoms with Crippen LogP contribution in [0.2, 0.25) is 0 Å². The molecule has 0 aliphatic rings. The van der Waals surface area contributed by atoms with Crippen LogP contribution in [0.4, 0.5) is 0 Å². The largest absolute Gasteiger partial charge is 0.365 e. The molecule has 1 amide bonds. The van der Waals surface area contributed by atoms with Crippen LogP contribution in [-0.4, -0.2) is 15.9 Å². The van der Waals surface area contributed by atoms with Crippen LogP contribution in [0.25, 0.3) is 21.7 Å². The highest BCUT2D eigenvalue weighted by molar-refractivity contribution is 6.08. The molecule has 0 aliphatic carbocycles. The van der Waals surface area contributed by atoms with E-state index in [4.69, 9.17) is 5.73 Å². The zero-order valence-corrected chi connectivity index (χ0v) is 9.31. The standard InChI is InChI=1S/C13H9N3O2/c14-12(17)10-5-9-8-3-4-15-6-7(8)1-2-11(9)16-13(10)18/h1-6H,(H2,14,17)(H,16,18). The Morgan fingerprint density at radius 1 is 1.22 bits per heavy atom. The Labute approximate surface area is 101 Å². The summed E-state index contributed by atoms with van der Waals surface area (Å²) in [6.45, 7) is 0. The van der Waals surface area contributed by atoms with E-state index in [0.717, 1.165) is 16.2 Å². The van der Waals surface area contributed by atoms with E-state index in [1.807, 2.05) is 12.1 Å². The minimum Gasteiger partial charge on any atom is -0.365 e. The molecular formula is C13H9N3O2. The Morgan fingerprint density at radius 2 is 2.06 bits per heavy atom. The molecule has 2 heterocycles. The minimum absolute atomic E-state index is 0.0354. The molecule has 0 aliphatic heterocycles. The fourth-order valence-electron chi connectivity index (χ4n) is 2.04. The molecule has 0 radical (unpaired) electrons. The number of hydrogen-bond acceptors (Lipinski definition) is 3. The second-order valence-corrected chi connectivity index (χ2v) is 4.00. The molecule has 0 fully saturated rings. The van der Waals surface area contributed by atoms with E-state index < -0.39 is 11.5 Å². The van der Waals surface area contributed by atoms with Gasteiger partial charge in [-0.25, -0.2) is 0 Å². The number of hydrogen-bond donors (Lipinski definition) is 2. The number of nitrogens with two attached hydrogens (primary N) is 1. The molecule has 88 valence electrons. The molecule has 0 unspecified atom stereocenters. The van der Waals surface area contributed by atoms with Crippen molar-refractivity contribution in [1.29, 1.82) is 0 Å². The quantitative estimate of drug-likeness (QED) is 0.625. The molecule has 0 spiro atoms. The third kappa shape index (κ3) is 1.45. The number of aromatic amines is 1. The molecule has 0 atom stereocenters. The zero-order valence-electron chi connectivity index (χ0n) is 9.31. The topological polar surface area (TPSA) is 88.8 Å². The van der Waals surface area contributed by atoms with E-state index in [0.29, 0.717) is 5.52 Å². The second-order valence-electron chi connectivity index (χ2n) is 4.00. The lowest BCUT2D eigenvalue weighted by Crippen LogP contribution is -2.23. The van der Waals surface area contributed by atoms with Gasteiger partial charge in [0.2, 0.25) is 0 Å². The number of aromatic nitrogens is 2. The van der Waals surface area contributed by atoms with E-state index in [9.17, 15) is 9.59 Å². The van der Waals surface area contributed by atoms with Gasteiger partial charge in [-0.1, -0.05) is 6.07 Å². The van der Waals surface area contributed by atoms with Crippen LogP contribution in [0.3, 0.4) is 0 Å². The smallest absolute Gasteiger partial charge is 0.261 e. The number of pyridine rings is 2. The second kappa shape index (κ2) is 3.66. The molecule has 1 aromatic carbocycles. The first kappa shape index (κ1) is 10.5. The summed E-state index contributed by atoms with van der Waals surface area (Å²) in [6, 6.07) is 7.01. The number of amides is 1. The lowest BCUT2D eigenvalue weighted by molar-refractivity contribution is 0.0999. The average Bonchev–Trinajstić information content (AvgIpc) is 2.37. The number of nitrogens with one attached hydrogen (secondary N) is 1. The van der Waals surface area contributed by atoms with Crippen LogP contribution in [0, 0.1) is 0 Å². The summed E-state index contributed by atoms with van der Waals surface area (Å²) < 4.78 is 0. The van der Waals surface area contributed by atoms with Crippen molar-refractivity contribution in [3.8, 4) is 0 Å². The Hall–Kier alpha value is -2.69. The molecular weight excluding hydrogens is 230 g/mol. The third-order valence-electron chi connectivity index (χ3n) is 2.91. The summed E-state index contributed by atoms with van der Waals surface area (Å²) in [6.07, 6.45) is 3.39. The van der Waals surface area contributed by atoms with Gasteiger partial charge in [-0.05, 0) is 23.6 Å². The summed E-state index contributed by atoms with van der Waals surface area (Å²) >= 11 is 0. The van der Waals surface area contributed by atoms with Crippen molar-refractivity contribution < 1.29 is 4.79 Å². The van der Waals surface area contributed by atoms with E-state index in [-0.39, 0.29) is 5.56 Å². The van der Waals surface area contributed by atoms with E-state index >= 15 is 0 Å². The van der Waals surface area contributed by atoms with Crippen LogP contribution >= 0.6 is 0 Å². The first-order chi connectivity index (χ1) is 8.66. The maximum atomic E-state index is 11.6. The summed E-state index contributed by atoms with van der Waals surface area (Å²) in [7, 11) is 0. The highest BCUT2D eigenvalue weighted by Crippen LogP contribution is 2.22. The maximum Gasteiger partial charge on any atom is 0.261 e. The third-order valence-corrected chi connectivity index (χ3v) is 2.91. The fourth-order valence-corrected chi connectivity index (χ4v) is 2.04. The van der Waals surface area contributed by atoms with Crippen LogP contribution in [0.1, 0.15) is 10.4 Å². The van der Waals surface area contributed by atoms with Crippen molar-refractivity contribution in [1.82, 2.24) is 9.97 Å². The van der Waals surface area contributed by atoms with Crippen LogP contribution in [-0.2, 0) is 0 Å². The number of nitrogens with zero attached hydrogens (tertiary/aromatic N) is 1. The predicted molar refractivity (Wildman–Crippen MR) is 68.4 cm³/mol. The Kier molecular flexibility index (Phi) is 2.13.